The van der Waals surface area contributed by atoms with Crippen LogP contribution in [-0.2, 0) is 0 Å². The van der Waals surface area contributed by atoms with Gasteiger partial charge in [-0.25, -0.2) is 9.37 Å². The molecule has 0 fully saturated rings. The van der Waals surface area contributed by atoms with Gasteiger partial charge in [-0.3, -0.25) is 0 Å². The first-order chi connectivity index (χ1) is 9.11. The zero-order chi connectivity index (χ0) is 13.8. The van der Waals surface area contributed by atoms with Crippen LogP contribution in [0.5, 0.6) is 5.75 Å². The first-order valence-electron chi connectivity index (χ1n) is 6.09. The van der Waals surface area contributed by atoms with Gasteiger partial charge in [0.2, 0.25) is 0 Å². The van der Waals surface area contributed by atoms with E-state index in [2.05, 4.69) is 10.3 Å². The summed E-state index contributed by atoms with van der Waals surface area (Å²) in [5, 5.41) is 5.41. The number of methoxy groups -OCH3 is 1. The number of ether oxygens (including phenoxy) is 1. The summed E-state index contributed by atoms with van der Waals surface area (Å²) in [7, 11) is 1.59. The van der Waals surface area contributed by atoms with Crippen LogP contribution in [0.1, 0.15) is 37.2 Å². The first kappa shape index (κ1) is 14.0. The normalized spacial score (nSPS) is 14.1. The molecule has 5 heteroatoms. The minimum absolute atomic E-state index is 0.0256. The number of nitrogens with zero attached hydrogens (tertiary/aromatic N) is 1. The second-order valence-electron chi connectivity index (χ2n) is 4.41. The number of benzene rings is 1. The molecule has 2 unspecified atom stereocenters. The van der Waals surface area contributed by atoms with Crippen LogP contribution in [0.3, 0.4) is 0 Å². The van der Waals surface area contributed by atoms with Crippen molar-refractivity contribution in [1.82, 2.24) is 10.3 Å². The van der Waals surface area contributed by atoms with E-state index in [0.717, 1.165) is 11.3 Å². The molecule has 3 nitrogen and oxygen atoms in total. The predicted molar refractivity (Wildman–Crippen MR) is 75.0 cm³/mol. The molecule has 0 aliphatic heterocycles. The van der Waals surface area contributed by atoms with E-state index in [0.29, 0.717) is 5.75 Å². The summed E-state index contributed by atoms with van der Waals surface area (Å²) in [6.07, 6.45) is 0. The lowest BCUT2D eigenvalue weighted by atomic mass is 10.1. The van der Waals surface area contributed by atoms with Crippen molar-refractivity contribution < 1.29 is 9.13 Å². The summed E-state index contributed by atoms with van der Waals surface area (Å²) >= 11 is 1.57. The van der Waals surface area contributed by atoms with E-state index in [4.69, 9.17) is 4.74 Å². The van der Waals surface area contributed by atoms with Crippen molar-refractivity contribution in [2.75, 3.05) is 7.11 Å². The van der Waals surface area contributed by atoms with Crippen molar-refractivity contribution in [1.29, 1.82) is 0 Å². The summed E-state index contributed by atoms with van der Waals surface area (Å²) in [5.41, 5.74) is 3.61. The average Bonchev–Trinajstić information content (AvgIpc) is 2.92. The summed E-state index contributed by atoms with van der Waals surface area (Å²) in [6, 6.07) is 4.64. The molecule has 1 heterocycles. The zero-order valence-electron chi connectivity index (χ0n) is 11.2. The molecule has 0 saturated carbocycles. The topological polar surface area (TPSA) is 34.1 Å². The minimum atomic E-state index is -0.259. The van der Waals surface area contributed by atoms with E-state index in [-0.39, 0.29) is 17.9 Å². The molecule has 0 amide bonds. The van der Waals surface area contributed by atoms with Gasteiger partial charge < -0.3 is 10.1 Å². The summed E-state index contributed by atoms with van der Waals surface area (Å²) in [4.78, 5) is 4.27. The molecule has 0 aliphatic rings. The van der Waals surface area contributed by atoms with Crippen molar-refractivity contribution in [3.63, 3.8) is 0 Å². The number of hydrogen-bond acceptors (Lipinski definition) is 4. The van der Waals surface area contributed by atoms with Gasteiger partial charge in [0, 0.05) is 23.0 Å². The Balaban J connectivity index is 2.15. The largest absolute Gasteiger partial charge is 0.496 e. The summed E-state index contributed by atoms with van der Waals surface area (Å²) < 4.78 is 18.6. The van der Waals surface area contributed by atoms with Gasteiger partial charge in [0.15, 0.2) is 0 Å². The Bertz CT molecular complexity index is 530. The van der Waals surface area contributed by atoms with Gasteiger partial charge in [-0.05, 0) is 32.0 Å². The molecule has 0 radical (unpaired) electrons. The van der Waals surface area contributed by atoms with Gasteiger partial charge in [0.1, 0.15) is 11.6 Å². The smallest absolute Gasteiger partial charge is 0.123 e. The molecular weight excluding hydrogens is 263 g/mol. The molecule has 1 aromatic heterocycles. The predicted octanol–water partition coefficient (Wildman–Crippen LogP) is 3.70. The molecule has 2 aromatic rings. The van der Waals surface area contributed by atoms with Crippen molar-refractivity contribution in [2.45, 2.75) is 25.9 Å². The molecule has 102 valence electrons. The Kier molecular flexibility index (Phi) is 4.50. The summed E-state index contributed by atoms with van der Waals surface area (Å²) in [5.74, 6) is 0.428. The SMILES string of the molecule is COc1ccc(F)cc1C(C)NC(C)c1cscn1. The highest BCUT2D eigenvalue weighted by atomic mass is 32.1. The maximum Gasteiger partial charge on any atom is 0.123 e. The third kappa shape index (κ3) is 3.30. The fourth-order valence-corrected chi connectivity index (χ4v) is 2.68. The average molecular weight is 280 g/mol. The second-order valence-corrected chi connectivity index (χ2v) is 5.13. The third-order valence-corrected chi connectivity index (χ3v) is 3.66. The Morgan fingerprint density at radius 1 is 1.32 bits per heavy atom. The summed E-state index contributed by atoms with van der Waals surface area (Å²) in [6.45, 7) is 4.03. The van der Waals surface area contributed by atoms with Gasteiger partial charge in [-0.2, -0.15) is 0 Å². The fourth-order valence-electron chi connectivity index (χ4n) is 2.03. The first-order valence-corrected chi connectivity index (χ1v) is 7.03. The molecular formula is C14H17FN2OS. The minimum Gasteiger partial charge on any atom is -0.496 e. The standard InChI is InChI=1S/C14H17FN2OS/c1-9(17-10(2)13-7-19-8-16-13)12-6-11(15)4-5-14(12)18-3/h4-10,17H,1-3H3. The second kappa shape index (κ2) is 6.12. The Morgan fingerprint density at radius 3 is 2.74 bits per heavy atom. The van der Waals surface area contributed by atoms with Gasteiger partial charge >= 0.3 is 0 Å². The molecule has 0 spiro atoms. The Labute approximate surface area is 116 Å². The van der Waals surface area contributed by atoms with Gasteiger partial charge in [0.05, 0.1) is 18.3 Å². The Hall–Kier alpha value is -1.46. The van der Waals surface area contributed by atoms with E-state index in [9.17, 15) is 4.39 Å². The van der Waals surface area contributed by atoms with Crippen LogP contribution < -0.4 is 10.1 Å². The van der Waals surface area contributed by atoms with E-state index in [1.54, 1.807) is 30.0 Å². The maximum atomic E-state index is 13.4. The highest BCUT2D eigenvalue weighted by molar-refractivity contribution is 7.07. The van der Waals surface area contributed by atoms with Crippen LogP contribution in [0, 0.1) is 5.82 Å². The van der Waals surface area contributed by atoms with Crippen molar-refractivity contribution >= 4 is 11.3 Å². The van der Waals surface area contributed by atoms with Crippen LogP contribution in [0.2, 0.25) is 0 Å². The lowest BCUT2D eigenvalue weighted by Gasteiger charge is -2.21. The van der Waals surface area contributed by atoms with E-state index >= 15 is 0 Å². The van der Waals surface area contributed by atoms with Gasteiger partial charge in [0.25, 0.3) is 0 Å². The molecule has 0 aliphatic carbocycles. The highest BCUT2D eigenvalue weighted by Gasteiger charge is 2.16. The highest BCUT2D eigenvalue weighted by Crippen LogP contribution is 2.27. The van der Waals surface area contributed by atoms with Crippen LogP contribution >= 0.6 is 11.3 Å². The third-order valence-electron chi connectivity index (χ3n) is 3.05. The van der Waals surface area contributed by atoms with Crippen molar-refractivity contribution in [3.05, 3.63) is 46.2 Å². The molecule has 1 aromatic carbocycles. The molecule has 0 bridgehead atoms. The van der Waals surface area contributed by atoms with Gasteiger partial charge in [-0.1, -0.05) is 0 Å². The fraction of sp³-hybridized carbons (Fsp3) is 0.357. The van der Waals surface area contributed by atoms with E-state index < -0.39 is 0 Å². The molecule has 19 heavy (non-hydrogen) atoms. The maximum absolute atomic E-state index is 13.4. The molecule has 0 saturated heterocycles. The van der Waals surface area contributed by atoms with Crippen LogP contribution in [0.4, 0.5) is 4.39 Å². The number of rotatable bonds is 5. The van der Waals surface area contributed by atoms with Crippen LogP contribution in [-0.4, -0.2) is 12.1 Å². The number of nitrogens with one attached hydrogen (secondary N) is 1. The van der Waals surface area contributed by atoms with Gasteiger partial charge in [-0.15, -0.1) is 11.3 Å². The van der Waals surface area contributed by atoms with Crippen molar-refractivity contribution in [2.24, 2.45) is 0 Å². The number of halogens is 1. The van der Waals surface area contributed by atoms with Crippen LogP contribution in [0.15, 0.2) is 29.1 Å². The lowest BCUT2D eigenvalue weighted by molar-refractivity contribution is 0.394. The number of thiazole rings is 1. The van der Waals surface area contributed by atoms with E-state index in [1.165, 1.54) is 12.1 Å². The molecule has 2 atom stereocenters. The molecule has 2 rings (SSSR count). The zero-order valence-corrected chi connectivity index (χ0v) is 12.0. The monoisotopic (exact) mass is 280 g/mol. The lowest BCUT2D eigenvalue weighted by Crippen LogP contribution is -2.23. The molecule has 1 N–H and O–H groups in total. The van der Waals surface area contributed by atoms with E-state index in [1.807, 2.05) is 19.2 Å². The number of aromatic nitrogens is 1. The van der Waals surface area contributed by atoms with Crippen LogP contribution in [0.25, 0.3) is 0 Å². The quantitative estimate of drug-likeness (QED) is 0.906. The number of hydrogen-bond donors (Lipinski definition) is 1. The Morgan fingerprint density at radius 2 is 2.11 bits per heavy atom. The van der Waals surface area contributed by atoms with Crippen molar-refractivity contribution in [3.8, 4) is 5.75 Å².